The molecule has 1 heterocycles. The molecule has 4 nitrogen and oxygen atoms in total. The maximum absolute atomic E-state index is 11.0. The third kappa shape index (κ3) is 1.88. The van der Waals surface area contributed by atoms with Crippen molar-refractivity contribution in [2.45, 2.75) is 19.1 Å². The van der Waals surface area contributed by atoms with E-state index in [1.807, 2.05) is 31.2 Å². The minimum atomic E-state index is -0.358. The molecule has 0 saturated carbocycles. The molecule has 1 saturated heterocycles. The fourth-order valence-electron chi connectivity index (χ4n) is 1.66. The second-order valence-electron chi connectivity index (χ2n) is 3.53. The molecule has 2 unspecified atom stereocenters. The van der Waals surface area contributed by atoms with Gasteiger partial charge in [-0.05, 0) is 24.6 Å². The lowest BCUT2D eigenvalue weighted by atomic mass is 10.0. The maximum Gasteiger partial charge on any atom is 0.408 e. The number of ether oxygens (including phenoxy) is 2. The second kappa shape index (κ2) is 3.81. The highest BCUT2D eigenvalue weighted by atomic mass is 16.6. The third-order valence-electron chi connectivity index (χ3n) is 2.48. The van der Waals surface area contributed by atoms with Gasteiger partial charge in [-0.25, -0.2) is 4.79 Å². The molecule has 2 atom stereocenters. The van der Waals surface area contributed by atoms with Crippen molar-refractivity contribution in [1.29, 1.82) is 0 Å². The Morgan fingerprint density at radius 1 is 1.33 bits per heavy atom. The molecule has 0 spiro atoms. The van der Waals surface area contributed by atoms with E-state index in [1.54, 1.807) is 7.11 Å². The first-order chi connectivity index (χ1) is 7.20. The zero-order chi connectivity index (χ0) is 10.8. The average Bonchev–Trinajstić information content (AvgIpc) is 2.58. The molecule has 1 N–H and O–H groups in total. The molecule has 1 aliphatic rings. The lowest BCUT2D eigenvalue weighted by molar-refractivity contribution is 0.134. The van der Waals surface area contributed by atoms with E-state index in [0.717, 1.165) is 11.3 Å². The van der Waals surface area contributed by atoms with Crippen LogP contribution in [0, 0.1) is 0 Å². The number of nitrogens with one attached hydrogen (secondary N) is 1. The molecule has 4 heteroatoms. The van der Waals surface area contributed by atoms with Crippen LogP contribution < -0.4 is 10.1 Å². The minimum Gasteiger partial charge on any atom is -0.497 e. The molecule has 0 radical (unpaired) electrons. The summed E-state index contributed by atoms with van der Waals surface area (Å²) in [5.74, 6) is 0.795. The number of alkyl carbamates (subject to hydrolysis) is 1. The molecule has 80 valence electrons. The van der Waals surface area contributed by atoms with E-state index >= 15 is 0 Å². The van der Waals surface area contributed by atoms with E-state index < -0.39 is 0 Å². The van der Waals surface area contributed by atoms with Gasteiger partial charge in [-0.15, -0.1) is 0 Å². The first-order valence-corrected chi connectivity index (χ1v) is 4.82. The van der Waals surface area contributed by atoms with E-state index in [1.165, 1.54) is 0 Å². The Balaban J connectivity index is 2.19. The van der Waals surface area contributed by atoms with Crippen LogP contribution >= 0.6 is 0 Å². The van der Waals surface area contributed by atoms with Crippen molar-refractivity contribution in [1.82, 2.24) is 5.32 Å². The third-order valence-corrected chi connectivity index (χ3v) is 2.48. The van der Waals surface area contributed by atoms with Crippen molar-refractivity contribution >= 4 is 6.09 Å². The van der Waals surface area contributed by atoms with Gasteiger partial charge in [-0.3, -0.25) is 0 Å². The van der Waals surface area contributed by atoms with Crippen molar-refractivity contribution in [3.05, 3.63) is 29.8 Å². The Kier molecular flexibility index (Phi) is 2.49. The highest BCUT2D eigenvalue weighted by molar-refractivity contribution is 5.70. The van der Waals surface area contributed by atoms with Crippen LogP contribution in [0.1, 0.15) is 18.6 Å². The molecule has 1 amide bonds. The molecular formula is C11H13NO3. The number of carbonyl (C=O) groups excluding carboxylic acids is 1. The van der Waals surface area contributed by atoms with Crippen molar-refractivity contribution in [3.8, 4) is 5.75 Å². The predicted octanol–water partition coefficient (Wildman–Crippen LogP) is 1.86. The Hall–Kier alpha value is -1.71. The zero-order valence-corrected chi connectivity index (χ0v) is 8.69. The van der Waals surface area contributed by atoms with Gasteiger partial charge in [0.2, 0.25) is 0 Å². The lowest BCUT2D eigenvalue weighted by Crippen LogP contribution is -2.23. The molecule has 1 fully saturated rings. The summed E-state index contributed by atoms with van der Waals surface area (Å²) in [5.41, 5.74) is 0.974. The van der Waals surface area contributed by atoms with Crippen molar-refractivity contribution in [2.24, 2.45) is 0 Å². The lowest BCUT2D eigenvalue weighted by Gasteiger charge is -2.13. The number of benzene rings is 1. The Bertz CT molecular complexity index is 361. The molecule has 15 heavy (non-hydrogen) atoms. The monoisotopic (exact) mass is 207 g/mol. The fraction of sp³-hybridized carbons (Fsp3) is 0.364. The van der Waals surface area contributed by atoms with Gasteiger partial charge in [0.1, 0.15) is 11.9 Å². The largest absolute Gasteiger partial charge is 0.497 e. The number of cyclic esters (lactones) is 1. The first-order valence-electron chi connectivity index (χ1n) is 4.82. The van der Waals surface area contributed by atoms with Crippen LogP contribution in [0.15, 0.2) is 24.3 Å². The number of hydrogen-bond donors (Lipinski definition) is 1. The molecule has 0 aliphatic carbocycles. The van der Waals surface area contributed by atoms with Gasteiger partial charge in [-0.2, -0.15) is 0 Å². The highest BCUT2D eigenvalue weighted by Crippen LogP contribution is 2.27. The molecule has 0 aromatic heterocycles. The van der Waals surface area contributed by atoms with Crippen LogP contribution in [0.3, 0.4) is 0 Å². The topological polar surface area (TPSA) is 47.6 Å². The Morgan fingerprint density at radius 2 is 2.00 bits per heavy atom. The van der Waals surface area contributed by atoms with Gasteiger partial charge in [0.25, 0.3) is 0 Å². The molecule has 1 aromatic carbocycles. The number of methoxy groups -OCH3 is 1. The molecular weight excluding hydrogens is 194 g/mol. The first kappa shape index (κ1) is 9.83. The predicted molar refractivity (Wildman–Crippen MR) is 54.8 cm³/mol. The second-order valence-corrected chi connectivity index (χ2v) is 3.53. The quantitative estimate of drug-likeness (QED) is 0.805. The van der Waals surface area contributed by atoms with Crippen molar-refractivity contribution < 1.29 is 14.3 Å². The summed E-state index contributed by atoms with van der Waals surface area (Å²) in [6.45, 7) is 1.92. The number of amides is 1. The minimum absolute atomic E-state index is 0.00546. The van der Waals surface area contributed by atoms with E-state index in [9.17, 15) is 4.79 Å². The van der Waals surface area contributed by atoms with Crippen molar-refractivity contribution in [2.75, 3.05) is 7.11 Å². The zero-order valence-electron chi connectivity index (χ0n) is 8.69. The van der Waals surface area contributed by atoms with Gasteiger partial charge in [-0.1, -0.05) is 12.1 Å². The Labute approximate surface area is 88.2 Å². The average molecular weight is 207 g/mol. The molecule has 0 bridgehead atoms. The van der Waals surface area contributed by atoms with E-state index in [-0.39, 0.29) is 18.2 Å². The molecule has 1 aliphatic heterocycles. The standard InChI is InChI=1S/C11H13NO3/c1-7-10(15-11(13)12-7)8-3-5-9(14-2)6-4-8/h3-7,10H,1-2H3,(H,12,13). The van der Waals surface area contributed by atoms with Crippen LogP contribution in [0.2, 0.25) is 0 Å². The molecule has 2 rings (SSSR count). The van der Waals surface area contributed by atoms with E-state index in [0.29, 0.717) is 0 Å². The van der Waals surface area contributed by atoms with Crippen LogP contribution in [0.5, 0.6) is 5.75 Å². The van der Waals surface area contributed by atoms with Gasteiger partial charge in [0, 0.05) is 0 Å². The number of hydrogen-bond acceptors (Lipinski definition) is 3. The van der Waals surface area contributed by atoms with E-state index in [2.05, 4.69) is 5.32 Å². The van der Waals surface area contributed by atoms with Crippen molar-refractivity contribution in [3.63, 3.8) is 0 Å². The van der Waals surface area contributed by atoms with Crippen LogP contribution in [0.4, 0.5) is 4.79 Å². The summed E-state index contributed by atoms with van der Waals surface area (Å²) in [7, 11) is 1.62. The van der Waals surface area contributed by atoms with Crippen LogP contribution in [-0.4, -0.2) is 19.2 Å². The summed E-state index contributed by atoms with van der Waals surface area (Å²) in [6.07, 6.45) is -0.563. The summed E-state index contributed by atoms with van der Waals surface area (Å²) in [5, 5.41) is 2.70. The normalized spacial score (nSPS) is 24.5. The summed E-state index contributed by atoms with van der Waals surface area (Å²) >= 11 is 0. The number of carbonyl (C=O) groups is 1. The Morgan fingerprint density at radius 3 is 2.47 bits per heavy atom. The van der Waals surface area contributed by atoms with Gasteiger partial charge in [0.05, 0.1) is 13.2 Å². The highest BCUT2D eigenvalue weighted by Gasteiger charge is 2.31. The summed E-state index contributed by atoms with van der Waals surface area (Å²) in [4.78, 5) is 11.0. The summed E-state index contributed by atoms with van der Waals surface area (Å²) < 4.78 is 10.2. The van der Waals surface area contributed by atoms with Gasteiger partial charge < -0.3 is 14.8 Å². The van der Waals surface area contributed by atoms with Crippen LogP contribution in [0.25, 0.3) is 0 Å². The van der Waals surface area contributed by atoms with E-state index in [4.69, 9.17) is 9.47 Å². The van der Waals surface area contributed by atoms with Crippen LogP contribution in [-0.2, 0) is 4.74 Å². The summed E-state index contributed by atoms with van der Waals surface area (Å²) in [6, 6.07) is 7.52. The molecule has 1 aromatic rings. The number of rotatable bonds is 2. The maximum atomic E-state index is 11.0. The fourth-order valence-corrected chi connectivity index (χ4v) is 1.66. The van der Waals surface area contributed by atoms with Gasteiger partial charge >= 0.3 is 6.09 Å². The smallest absolute Gasteiger partial charge is 0.408 e. The van der Waals surface area contributed by atoms with Gasteiger partial charge in [0.15, 0.2) is 0 Å². The SMILES string of the molecule is COc1ccc(C2OC(=O)NC2C)cc1.